The number of carbonyl (C=O) groups is 5. The molecule has 0 unspecified atom stereocenters. The second-order valence-electron chi connectivity index (χ2n) is 41.0. The number of hydrogen-bond acceptors (Lipinski definition) is 25. The van der Waals surface area contributed by atoms with E-state index in [1.165, 1.54) is 44.4 Å². The molecule has 4 atom stereocenters. The number of nitrogens with zero attached hydrogens (tertiary/aromatic N) is 8. The fraction of sp³-hybridized carbons (Fsp3) is 0.336. The number of pyridine rings is 8. The average Bonchev–Trinajstić information content (AvgIpc) is 0.737. The largest absolute Gasteiger partial charge is 0.493 e. The summed E-state index contributed by atoms with van der Waals surface area (Å²) in [5.74, 6) is 3.05. The first-order valence-corrected chi connectivity index (χ1v) is 48.8. The molecule has 0 spiro atoms. The third-order valence-corrected chi connectivity index (χ3v) is 25.4. The number of aromatic nitrogens is 8. The quantitative estimate of drug-likeness (QED) is 0.0348. The molecule has 0 radical (unpaired) electrons. The van der Waals surface area contributed by atoms with Crippen LogP contribution in [0.25, 0.3) is 132 Å². The van der Waals surface area contributed by atoms with E-state index >= 15 is 0 Å². The number of rotatable bonds is 20. The number of aliphatic carboxylic acids is 1. The highest BCUT2D eigenvalue weighted by atomic mass is 16.6. The van der Waals surface area contributed by atoms with Gasteiger partial charge in [0.15, 0.2) is 6.10 Å². The summed E-state index contributed by atoms with van der Waals surface area (Å²) in [5.41, 5.74) is 28.7. The summed E-state index contributed by atoms with van der Waals surface area (Å²) in [6.45, 7) is 39.3. The van der Waals surface area contributed by atoms with Gasteiger partial charge in [0.25, 0.3) is 0 Å². The molecule has 0 saturated heterocycles. The Morgan fingerprint density at radius 1 is 0.366 bits per heavy atom. The number of amides is 3. The van der Waals surface area contributed by atoms with Crippen molar-refractivity contribution >= 4 is 140 Å². The lowest BCUT2D eigenvalue weighted by Crippen LogP contribution is -2.28. The number of aliphatic hydroxyl groups is 2. The van der Waals surface area contributed by atoms with Crippen molar-refractivity contribution in [2.45, 2.75) is 211 Å². The van der Waals surface area contributed by atoms with E-state index in [4.69, 9.17) is 78.3 Å². The molecular formula is C116H122N12O17. The molecule has 748 valence electrons. The van der Waals surface area contributed by atoms with E-state index in [0.29, 0.717) is 71.9 Å². The highest BCUT2D eigenvalue weighted by Crippen LogP contribution is 2.52. The zero-order valence-electron chi connectivity index (χ0n) is 85.5. The number of nitrogens with one attached hydrogen (secondary N) is 3. The number of ether oxygens (including phenoxy) is 9. The second-order valence-corrected chi connectivity index (χ2v) is 41.0. The highest BCUT2D eigenvalue weighted by molar-refractivity contribution is 6.13. The van der Waals surface area contributed by atoms with Crippen LogP contribution in [0.3, 0.4) is 0 Å². The van der Waals surface area contributed by atoms with Crippen LogP contribution < -0.4 is 40.6 Å². The van der Waals surface area contributed by atoms with Crippen molar-refractivity contribution in [2.24, 2.45) is 0 Å². The number of nitrogens with two attached hydrogens (primary N) is 1. The summed E-state index contributed by atoms with van der Waals surface area (Å²) >= 11 is 0. The number of esters is 1. The maximum atomic E-state index is 12.6. The summed E-state index contributed by atoms with van der Waals surface area (Å²) in [6.07, 6.45) is 7.73. The number of fused-ring (bicyclic) bond motifs is 4. The van der Waals surface area contributed by atoms with Gasteiger partial charge in [0.05, 0.1) is 106 Å². The Labute approximate surface area is 840 Å². The van der Waals surface area contributed by atoms with Crippen LogP contribution in [0, 0.1) is 27.7 Å². The summed E-state index contributed by atoms with van der Waals surface area (Å²) in [6, 6.07) is 46.8. The SMILES string of the molecule is CC(=O)Nc1ccc2c(-c3ccc4c5c(ccnc35)CCO4)c([C@@H](CO)OC(C)(C)C)c(C)cc2n1.CC(=O)Nc1ccc2c(-c3ccc4c5c(ccnc35)CCO4)c([C@@H](COC(C)=O)OC(C)(C)C)c(C)cc2n1.CC(=O)Nc1ccc2c(-c3ccc4c5c(ccnc35)CCO4)c([C@H](OC(C)(C)C)C(=O)O)c(C)cc2n1.Cc1cc2nc(N)ccc2c(-c2ccc3c4c(ccnc24)CCO3)c1[C@@H](CO)OC(C)(C)C. The molecule has 0 aliphatic carbocycles. The van der Waals surface area contributed by atoms with E-state index in [2.05, 4.69) is 38.1 Å². The van der Waals surface area contributed by atoms with Crippen LogP contribution in [-0.4, -0.2) is 154 Å². The van der Waals surface area contributed by atoms with Crippen LogP contribution in [0.5, 0.6) is 23.0 Å². The van der Waals surface area contributed by atoms with Crippen molar-refractivity contribution in [3.63, 3.8) is 0 Å². The fourth-order valence-corrected chi connectivity index (χ4v) is 20.2. The minimum Gasteiger partial charge on any atom is -0.493 e. The second kappa shape index (κ2) is 41.1. The molecule has 20 rings (SSSR count). The van der Waals surface area contributed by atoms with Crippen molar-refractivity contribution < 1.29 is 81.9 Å². The van der Waals surface area contributed by atoms with Crippen LogP contribution >= 0.6 is 0 Å². The Kier molecular flexibility index (Phi) is 28.8. The number of anilines is 4. The van der Waals surface area contributed by atoms with Crippen molar-refractivity contribution in [1.82, 2.24) is 39.9 Å². The third-order valence-electron chi connectivity index (χ3n) is 25.4. The van der Waals surface area contributed by atoms with Crippen LogP contribution in [0.1, 0.15) is 202 Å². The summed E-state index contributed by atoms with van der Waals surface area (Å²) in [5, 5.41) is 46.9. The molecule has 3 amide bonds. The van der Waals surface area contributed by atoms with Crippen molar-refractivity contribution in [3.05, 3.63) is 237 Å². The molecule has 8 aromatic heterocycles. The Morgan fingerprint density at radius 3 is 0.924 bits per heavy atom. The van der Waals surface area contributed by atoms with E-state index in [0.717, 1.165) is 208 Å². The van der Waals surface area contributed by atoms with Gasteiger partial charge in [-0.2, -0.15) is 0 Å². The van der Waals surface area contributed by atoms with E-state index < -0.39 is 52.8 Å². The van der Waals surface area contributed by atoms with Gasteiger partial charge in [-0.1, -0.05) is 0 Å². The van der Waals surface area contributed by atoms with E-state index in [-0.39, 0.29) is 43.5 Å². The molecular weight excluding hydrogens is 1830 g/mol. The van der Waals surface area contributed by atoms with Crippen molar-refractivity contribution in [1.29, 1.82) is 0 Å². The molecule has 16 aromatic rings. The van der Waals surface area contributed by atoms with Gasteiger partial charge in [-0.3, -0.25) is 39.1 Å². The predicted octanol–water partition coefficient (Wildman–Crippen LogP) is 22.3. The number of aliphatic hydroxyl groups excluding tert-OH is 2. The average molecular weight is 1960 g/mol. The van der Waals surface area contributed by atoms with Crippen LogP contribution in [0.2, 0.25) is 0 Å². The Hall–Kier alpha value is -14.9. The smallest absolute Gasteiger partial charge is 0.337 e. The molecule has 29 nitrogen and oxygen atoms in total. The normalized spacial score (nSPS) is 14.0. The molecule has 8 aromatic carbocycles. The van der Waals surface area contributed by atoms with Gasteiger partial charge >= 0.3 is 11.9 Å². The van der Waals surface area contributed by atoms with Gasteiger partial charge in [0, 0.05) is 149 Å². The Balaban J connectivity index is 0.000000133. The number of benzene rings is 8. The zero-order chi connectivity index (χ0) is 103. The molecule has 4 aliphatic heterocycles. The highest BCUT2D eigenvalue weighted by Gasteiger charge is 2.38. The number of carbonyl (C=O) groups excluding carboxylic acids is 4. The molecule has 145 heavy (non-hydrogen) atoms. The van der Waals surface area contributed by atoms with Gasteiger partial charge in [0.2, 0.25) is 17.7 Å². The third kappa shape index (κ3) is 21.7. The van der Waals surface area contributed by atoms with E-state index in [9.17, 15) is 39.3 Å². The monoisotopic (exact) mass is 1950 g/mol. The molecule has 8 N–H and O–H groups in total. The first-order chi connectivity index (χ1) is 69.0. The number of carboxylic acids is 1. The predicted molar refractivity (Wildman–Crippen MR) is 566 cm³/mol. The summed E-state index contributed by atoms with van der Waals surface area (Å²) < 4.78 is 54.7. The minimum atomic E-state index is -1.23. The molecule has 12 heterocycles. The first-order valence-electron chi connectivity index (χ1n) is 48.8. The van der Waals surface area contributed by atoms with E-state index in [1.54, 1.807) is 24.4 Å². The molecule has 4 aliphatic rings. The van der Waals surface area contributed by atoms with Gasteiger partial charge in [-0.05, 0) is 340 Å². The van der Waals surface area contributed by atoms with Gasteiger partial charge in [-0.25, -0.2) is 24.7 Å². The zero-order valence-corrected chi connectivity index (χ0v) is 85.5. The van der Waals surface area contributed by atoms with Crippen molar-refractivity contribution in [3.8, 4) is 67.5 Å². The standard InChI is InChI=1S/C31H33N3O5.C29H29N3O5.C29H31N3O4.C27H29N3O3/c1-17-15-23-21(8-10-26(34-23)33-18(2)35)29(27(17)25(16-38-19(3)36)39-31(4,5)6)22-7-9-24-28-20(12-14-37-24)11-13-32-30(22)28;1-15-14-20-18(7-9-22(32-20)31-16(2)33)25(23(15)27(28(34)35)37-29(3,4)5)19-6-8-21-24-17(11-13-36-21)10-12-30-26(19)24;1-16-14-21-19(7-9-24(32-21)31-17(2)34)27(25(16)23(15-33)36-29(3,4)5)20-6-8-22-26-18(11-13-35-22)10-12-30-28(20)26;1-15-13-19-17(6-8-22(28)30-19)25(23(15)21(14-31)33-27(2,3)4)18-5-7-20-24-16(10-12-32-20)9-11-29-26(18)24/h7-11,13,15,25H,12,14,16H2,1-6H3,(H,33,34,35);6-10,12,14,27H,11,13H2,1-5H3,(H,34,35)(H,31,32,33);6-10,12,14,23,33H,11,13,15H2,1-5H3,(H,31,32,34);5-9,11,13,21,31H,10,12,14H2,1-4H3,(H2,28,30)/t25-;27-;23-;21-/m1011/s1. The number of hydrogen-bond donors (Lipinski definition) is 7. The van der Waals surface area contributed by atoms with Crippen molar-refractivity contribution in [2.75, 3.05) is 67.9 Å². The number of carboxylic acid groups (broad SMARTS) is 1. The summed E-state index contributed by atoms with van der Waals surface area (Å²) in [7, 11) is 0. The fourth-order valence-electron chi connectivity index (χ4n) is 20.2. The van der Waals surface area contributed by atoms with E-state index in [1.807, 2.05) is 245 Å². The lowest BCUT2D eigenvalue weighted by Gasteiger charge is -2.31. The van der Waals surface area contributed by atoms with Gasteiger partial charge in [0.1, 0.15) is 71.2 Å². The summed E-state index contributed by atoms with van der Waals surface area (Å²) in [4.78, 5) is 97.4. The van der Waals surface area contributed by atoms with Gasteiger partial charge in [-0.15, -0.1) is 0 Å². The van der Waals surface area contributed by atoms with Gasteiger partial charge < -0.3 is 79.6 Å². The van der Waals surface area contributed by atoms with Crippen LogP contribution in [0.4, 0.5) is 23.3 Å². The minimum absolute atomic E-state index is 0.0567. The first kappa shape index (κ1) is 102. The van der Waals surface area contributed by atoms with Crippen LogP contribution in [0.15, 0.2) is 170 Å². The Morgan fingerprint density at radius 2 is 0.641 bits per heavy atom. The number of nitrogen functional groups attached to an aromatic ring is 1. The lowest BCUT2D eigenvalue weighted by atomic mass is 9.86. The number of aryl methyl sites for hydroxylation is 4. The molecule has 0 saturated carbocycles. The topological polar surface area (TPSA) is 394 Å². The Bertz CT molecular complexity index is 7830. The lowest BCUT2D eigenvalue weighted by molar-refractivity contribution is -0.160. The molecule has 29 heteroatoms. The van der Waals surface area contributed by atoms with Crippen LogP contribution in [-0.2, 0) is 73.3 Å². The maximum absolute atomic E-state index is 12.6. The molecule has 0 bridgehead atoms. The molecule has 0 fully saturated rings. The maximum Gasteiger partial charge on any atom is 0.337 e.